The lowest BCUT2D eigenvalue weighted by Crippen LogP contribution is -2.01. The van der Waals surface area contributed by atoms with Crippen LogP contribution < -0.4 is 0 Å². The number of hydrogen-bond acceptors (Lipinski definition) is 2. The molecule has 0 atom stereocenters. The van der Waals surface area contributed by atoms with Crippen LogP contribution in [-0.2, 0) is 4.74 Å². The van der Waals surface area contributed by atoms with Crippen LogP contribution in [0.4, 0.5) is 0 Å². The molecule has 17 heavy (non-hydrogen) atoms. The summed E-state index contributed by atoms with van der Waals surface area (Å²) >= 11 is 0. The van der Waals surface area contributed by atoms with Crippen molar-refractivity contribution in [3.05, 3.63) is 53.7 Å². The molecule has 0 heterocycles. The van der Waals surface area contributed by atoms with E-state index in [4.69, 9.17) is 4.74 Å². The van der Waals surface area contributed by atoms with Gasteiger partial charge in [-0.3, -0.25) is 0 Å². The summed E-state index contributed by atoms with van der Waals surface area (Å²) in [5.41, 5.74) is 1.88. The summed E-state index contributed by atoms with van der Waals surface area (Å²) in [4.78, 5) is 0. The quantitative estimate of drug-likeness (QED) is 0.545. The monoisotopic (exact) mass is 226 g/mol. The Balaban J connectivity index is 2.23. The van der Waals surface area contributed by atoms with Gasteiger partial charge in [0.15, 0.2) is 0 Å². The third kappa shape index (κ3) is 2.68. The molecule has 2 nitrogen and oxygen atoms in total. The van der Waals surface area contributed by atoms with Crippen molar-refractivity contribution >= 4 is 0 Å². The highest BCUT2D eigenvalue weighted by molar-refractivity contribution is 5.44. The second kappa shape index (κ2) is 5.54. The maximum atomic E-state index is 9.23. The van der Waals surface area contributed by atoms with Crippen LogP contribution in [0.1, 0.15) is 19.3 Å². The molecule has 0 unspecified atom stereocenters. The number of hydrogen-bond donors (Lipinski definition) is 0. The maximum absolute atomic E-state index is 9.23. The number of nitriles is 1. The fraction of sp³-hybridized carbons (Fsp3) is 0.333. The van der Waals surface area contributed by atoms with Gasteiger partial charge in [0, 0.05) is 11.5 Å². The summed E-state index contributed by atoms with van der Waals surface area (Å²) in [6, 6.07) is 2.32. The van der Waals surface area contributed by atoms with Gasteiger partial charge in [-0.15, -0.1) is 0 Å². The summed E-state index contributed by atoms with van der Waals surface area (Å²) in [6.07, 6.45) is 15.2. The van der Waals surface area contributed by atoms with Gasteiger partial charge in [-0.05, 0) is 43.4 Å². The lowest BCUT2D eigenvalue weighted by Gasteiger charge is -2.13. The molecule has 0 amide bonds. The van der Waals surface area contributed by atoms with E-state index in [9.17, 15) is 5.26 Å². The molecule has 0 aromatic heterocycles. The van der Waals surface area contributed by atoms with Crippen molar-refractivity contribution < 1.29 is 4.74 Å². The highest BCUT2D eigenvalue weighted by Crippen LogP contribution is 2.28. The number of methoxy groups -OCH3 is 1. The molecule has 1 radical (unpaired) electrons. The van der Waals surface area contributed by atoms with E-state index < -0.39 is 0 Å². The average Bonchev–Trinajstić information content (AvgIpc) is 2.90. The minimum atomic E-state index is 0.352. The van der Waals surface area contributed by atoms with Crippen LogP contribution in [0, 0.1) is 23.7 Å². The molecule has 0 spiro atoms. The zero-order valence-electron chi connectivity index (χ0n) is 10.0. The van der Waals surface area contributed by atoms with Crippen LogP contribution in [0.5, 0.6) is 0 Å². The van der Waals surface area contributed by atoms with E-state index in [0.29, 0.717) is 5.92 Å². The number of rotatable bonds is 3. The molecule has 0 aliphatic heterocycles. The lowest BCUT2D eigenvalue weighted by atomic mass is 9.93. The van der Waals surface area contributed by atoms with Crippen LogP contribution in [0.2, 0.25) is 0 Å². The van der Waals surface area contributed by atoms with E-state index in [1.807, 2.05) is 12.2 Å². The minimum absolute atomic E-state index is 0.352. The summed E-state index contributed by atoms with van der Waals surface area (Å²) in [6.45, 7) is 0. The van der Waals surface area contributed by atoms with Crippen molar-refractivity contribution in [2.24, 2.45) is 5.92 Å². The fourth-order valence-corrected chi connectivity index (χ4v) is 2.16. The standard InChI is InChI=1S/C15H16NO/c1-17-15-9-5-4-8-13(15)10-14(11-16)12-6-2-3-7-12/h2-3,5,8-10,12H,4,6-7H2,1H3. The van der Waals surface area contributed by atoms with Crippen LogP contribution in [0.15, 0.2) is 47.3 Å². The van der Waals surface area contributed by atoms with E-state index in [1.165, 1.54) is 0 Å². The Bertz CT molecular complexity index is 438. The highest BCUT2D eigenvalue weighted by atomic mass is 16.5. The highest BCUT2D eigenvalue weighted by Gasteiger charge is 2.17. The zero-order chi connectivity index (χ0) is 12.1. The predicted octanol–water partition coefficient (Wildman–Crippen LogP) is 3.47. The normalized spacial score (nSPS) is 20.8. The van der Waals surface area contributed by atoms with Gasteiger partial charge in [-0.25, -0.2) is 0 Å². The number of ether oxygens (including phenoxy) is 1. The molecule has 2 aliphatic carbocycles. The molecule has 0 fully saturated rings. The first-order chi connectivity index (χ1) is 8.35. The molecular formula is C15H16NO. The Kier molecular flexibility index (Phi) is 3.82. The maximum Gasteiger partial charge on any atom is 0.122 e. The largest absolute Gasteiger partial charge is 0.496 e. The molecule has 0 aromatic carbocycles. The van der Waals surface area contributed by atoms with Crippen molar-refractivity contribution in [3.8, 4) is 6.07 Å². The smallest absolute Gasteiger partial charge is 0.122 e. The van der Waals surface area contributed by atoms with Gasteiger partial charge < -0.3 is 4.74 Å². The van der Waals surface area contributed by atoms with Crippen molar-refractivity contribution in [1.29, 1.82) is 5.26 Å². The van der Waals surface area contributed by atoms with Gasteiger partial charge in [0.25, 0.3) is 0 Å². The lowest BCUT2D eigenvalue weighted by molar-refractivity contribution is 0.303. The van der Waals surface area contributed by atoms with Crippen LogP contribution in [0.25, 0.3) is 0 Å². The Hall–Kier alpha value is -1.75. The Morgan fingerprint density at radius 1 is 1.41 bits per heavy atom. The van der Waals surface area contributed by atoms with Crippen molar-refractivity contribution in [1.82, 2.24) is 0 Å². The molecule has 0 saturated carbocycles. The van der Waals surface area contributed by atoms with E-state index in [-0.39, 0.29) is 0 Å². The van der Waals surface area contributed by atoms with Gasteiger partial charge in [0.05, 0.1) is 13.2 Å². The topological polar surface area (TPSA) is 33.0 Å². The molecule has 2 aliphatic rings. The Morgan fingerprint density at radius 3 is 2.82 bits per heavy atom. The van der Waals surface area contributed by atoms with E-state index >= 15 is 0 Å². The van der Waals surface area contributed by atoms with E-state index in [2.05, 4.69) is 30.7 Å². The molecule has 0 aromatic rings. The van der Waals surface area contributed by atoms with Gasteiger partial charge in [-0.2, -0.15) is 5.26 Å². The molecule has 0 bridgehead atoms. The van der Waals surface area contributed by atoms with Gasteiger partial charge in [-0.1, -0.05) is 18.2 Å². The van der Waals surface area contributed by atoms with Gasteiger partial charge in [0.1, 0.15) is 5.76 Å². The first-order valence-electron chi connectivity index (χ1n) is 5.90. The first-order valence-corrected chi connectivity index (χ1v) is 5.90. The molecule has 2 heteroatoms. The fourth-order valence-electron chi connectivity index (χ4n) is 2.16. The Morgan fingerprint density at radius 2 is 2.18 bits per heavy atom. The van der Waals surface area contributed by atoms with Crippen LogP contribution in [-0.4, -0.2) is 7.11 Å². The average molecular weight is 226 g/mol. The third-order valence-electron chi connectivity index (χ3n) is 3.14. The summed E-state index contributed by atoms with van der Waals surface area (Å²) in [5, 5.41) is 9.23. The van der Waals surface area contributed by atoms with E-state index in [0.717, 1.165) is 36.2 Å². The second-order valence-electron chi connectivity index (χ2n) is 4.22. The van der Waals surface area contributed by atoms with E-state index in [1.54, 1.807) is 7.11 Å². The summed E-state index contributed by atoms with van der Waals surface area (Å²) in [5.74, 6) is 1.19. The molecular weight excluding hydrogens is 210 g/mol. The predicted molar refractivity (Wildman–Crippen MR) is 67.7 cm³/mol. The molecule has 0 saturated heterocycles. The van der Waals surface area contributed by atoms with Crippen molar-refractivity contribution in [3.63, 3.8) is 0 Å². The summed E-state index contributed by atoms with van der Waals surface area (Å²) in [7, 11) is 1.66. The number of allylic oxidation sites excluding steroid dienone is 7. The molecule has 2 rings (SSSR count). The van der Waals surface area contributed by atoms with Crippen LogP contribution >= 0.6 is 0 Å². The summed E-state index contributed by atoms with van der Waals surface area (Å²) < 4.78 is 5.30. The first kappa shape index (κ1) is 11.7. The minimum Gasteiger partial charge on any atom is -0.496 e. The third-order valence-corrected chi connectivity index (χ3v) is 3.14. The Labute approximate surface area is 103 Å². The molecule has 0 N–H and O–H groups in total. The second-order valence-corrected chi connectivity index (χ2v) is 4.22. The van der Waals surface area contributed by atoms with Gasteiger partial charge in [0.2, 0.25) is 0 Å². The van der Waals surface area contributed by atoms with Crippen molar-refractivity contribution in [2.45, 2.75) is 19.3 Å². The van der Waals surface area contributed by atoms with Crippen LogP contribution in [0.3, 0.4) is 0 Å². The molecule has 87 valence electrons. The van der Waals surface area contributed by atoms with Crippen molar-refractivity contribution in [2.75, 3.05) is 7.11 Å². The van der Waals surface area contributed by atoms with Gasteiger partial charge >= 0.3 is 0 Å². The number of nitrogens with zero attached hydrogens (tertiary/aromatic N) is 1. The zero-order valence-corrected chi connectivity index (χ0v) is 10.0. The SMILES string of the molecule is COC1=C(C=C(C#N)C2CC=CC2)[CH]CC=C1.